The highest BCUT2D eigenvalue weighted by molar-refractivity contribution is 8.00. The lowest BCUT2D eigenvalue weighted by Gasteiger charge is -2.16. The number of carbonyl (C=O) groups is 1. The van der Waals surface area contributed by atoms with Gasteiger partial charge in [0.05, 0.1) is 5.25 Å². The van der Waals surface area contributed by atoms with Crippen LogP contribution in [-0.4, -0.2) is 16.9 Å². The summed E-state index contributed by atoms with van der Waals surface area (Å²) in [5.41, 5.74) is 8.27. The maximum atomic E-state index is 12.1. The molecule has 0 aliphatic carbocycles. The van der Waals surface area contributed by atoms with Crippen LogP contribution < -0.4 is 11.1 Å². The van der Waals surface area contributed by atoms with E-state index in [9.17, 15) is 4.79 Å². The van der Waals surface area contributed by atoms with Crippen molar-refractivity contribution in [2.45, 2.75) is 39.4 Å². The van der Waals surface area contributed by atoms with Crippen molar-refractivity contribution in [2.24, 2.45) is 5.92 Å². The van der Waals surface area contributed by atoms with E-state index in [1.165, 1.54) is 0 Å². The van der Waals surface area contributed by atoms with Crippen LogP contribution in [0.15, 0.2) is 18.2 Å². The molecule has 2 unspecified atom stereocenters. The van der Waals surface area contributed by atoms with Crippen LogP contribution >= 0.6 is 11.8 Å². The first-order valence-electron chi connectivity index (χ1n) is 6.73. The van der Waals surface area contributed by atoms with Gasteiger partial charge in [-0.05, 0) is 43.2 Å². The molecule has 4 heteroatoms. The monoisotopic (exact) mass is 280 g/mol. The van der Waals surface area contributed by atoms with Gasteiger partial charge in [-0.3, -0.25) is 4.79 Å². The van der Waals surface area contributed by atoms with E-state index < -0.39 is 0 Å². The van der Waals surface area contributed by atoms with Crippen molar-refractivity contribution in [3.63, 3.8) is 0 Å². The van der Waals surface area contributed by atoms with Crippen molar-refractivity contribution in [2.75, 3.05) is 16.8 Å². The van der Waals surface area contributed by atoms with E-state index in [2.05, 4.69) is 19.2 Å². The van der Waals surface area contributed by atoms with E-state index >= 15 is 0 Å². The van der Waals surface area contributed by atoms with Gasteiger partial charge >= 0.3 is 0 Å². The normalized spacial score (nSPS) is 13.9. The Bertz CT molecular complexity index is 434. The van der Waals surface area contributed by atoms with Crippen LogP contribution in [0.2, 0.25) is 0 Å². The van der Waals surface area contributed by atoms with E-state index in [0.29, 0.717) is 11.6 Å². The van der Waals surface area contributed by atoms with Crippen LogP contribution in [-0.2, 0) is 4.79 Å². The van der Waals surface area contributed by atoms with Crippen molar-refractivity contribution in [1.82, 2.24) is 0 Å². The number of nitrogens with one attached hydrogen (secondary N) is 1. The Kier molecular flexibility index (Phi) is 6.22. The minimum Gasteiger partial charge on any atom is -0.398 e. The second-order valence-electron chi connectivity index (χ2n) is 5.00. The average Bonchev–Trinajstić information content (AvgIpc) is 2.40. The van der Waals surface area contributed by atoms with E-state index in [4.69, 9.17) is 5.73 Å². The molecule has 2 atom stereocenters. The number of nitrogen functional groups attached to an aromatic ring is 1. The lowest BCUT2D eigenvalue weighted by Crippen LogP contribution is -2.24. The van der Waals surface area contributed by atoms with Gasteiger partial charge < -0.3 is 11.1 Å². The van der Waals surface area contributed by atoms with Gasteiger partial charge in [0.2, 0.25) is 5.91 Å². The van der Waals surface area contributed by atoms with E-state index in [0.717, 1.165) is 23.4 Å². The Morgan fingerprint density at radius 1 is 1.42 bits per heavy atom. The molecule has 0 spiro atoms. The highest BCUT2D eigenvalue weighted by Gasteiger charge is 2.15. The summed E-state index contributed by atoms with van der Waals surface area (Å²) in [7, 11) is 0. The molecule has 1 aromatic rings. The third-order valence-corrected chi connectivity index (χ3v) is 4.81. The van der Waals surface area contributed by atoms with Gasteiger partial charge in [0, 0.05) is 11.4 Å². The summed E-state index contributed by atoms with van der Waals surface area (Å²) in [5, 5.41) is 2.91. The molecule has 19 heavy (non-hydrogen) atoms. The third-order valence-electron chi connectivity index (χ3n) is 3.33. The van der Waals surface area contributed by atoms with Crippen LogP contribution in [0.4, 0.5) is 11.4 Å². The summed E-state index contributed by atoms with van der Waals surface area (Å²) >= 11 is 1.70. The predicted molar refractivity (Wildman–Crippen MR) is 85.6 cm³/mol. The van der Waals surface area contributed by atoms with Crippen LogP contribution in [0.25, 0.3) is 0 Å². The molecule has 106 valence electrons. The van der Waals surface area contributed by atoms with E-state index in [1.54, 1.807) is 11.8 Å². The highest BCUT2D eigenvalue weighted by Crippen LogP contribution is 2.23. The molecule has 0 saturated heterocycles. The zero-order valence-electron chi connectivity index (χ0n) is 12.2. The van der Waals surface area contributed by atoms with Gasteiger partial charge in [0.15, 0.2) is 0 Å². The van der Waals surface area contributed by atoms with Gasteiger partial charge in [0.25, 0.3) is 0 Å². The molecule has 0 aromatic heterocycles. The predicted octanol–water partition coefficient (Wildman–Crippen LogP) is 3.68. The molecule has 3 N–H and O–H groups in total. The van der Waals surface area contributed by atoms with Gasteiger partial charge in [-0.15, -0.1) is 11.8 Å². The van der Waals surface area contributed by atoms with Gasteiger partial charge in [-0.2, -0.15) is 0 Å². The Balaban J connectivity index is 2.56. The molecule has 3 nitrogen and oxygen atoms in total. The first-order valence-corrected chi connectivity index (χ1v) is 7.78. The molecule has 0 radical (unpaired) electrons. The Labute approximate surface area is 120 Å². The molecule has 1 aromatic carbocycles. The fourth-order valence-corrected chi connectivity index (χ4v) is 2.59. The molecule has 0 aliphatic heterocycles. The summed E-state index contributed by atoms with van der Waals surface area (Å²) in [6.07, 6.45) is 1.15. The fourth-order valence-electron chi connectivity index (χ4n) is 1.53. The van der Waals surface area contributed by atoms with Crippen LogP contribution in [0.1, 0.15) is 32.8 Å². The summed E-state index contributed by atoms with van der Waals surface area (Å²) in [6, 6.07) is 5.58. The lowest BCUT2D eigenvalue weighted by atomic mass is 10.1. The number of rotatable bonds is 6. The largest absolute Gasteiger partial charge is 0.398 e. The Hall–Kier alpha value is -1.16. The number of hydrogen-bond acceptors (Lipinski definition) is 3. The quantitative estimate of drug-likeness (QED) is 0.781. The molecule has 0 aliphatic rings. The smallest absolute Gasteiger partial charge is 0.237 e. The summed E-state index contributed by atoms with van der Waals surface area (Å²) in [6.45, 7) is 8.25. The SMILES string of the molecule is CCC(C)CSC(C)C(=O)Nc1cccc(N)c1C. The summed E-state index contributed by atoms with van der Waals surface area (Å²) in [5.74, 6) is 1.71. The van der Waals surface area contributed by atoms with Crippen molar-refractivity contribution >= 4 is 29.0 Å². The molecular formula is C15H24N2OS. The molecule has 1 rings (SSSR count). The highest BCUT2D eigenvalue weighted by atomic mass is 32.2. The maximum absolute atomic E-state index is 12.1. The summed E-state index contributed by atoms with van der Waals surface area (Å²) in [4.78, 5) is 12.1. The molecule has 0 heterocycles. The fraction of sp³-hybridized carbons (Fsp3) is 0.533. The number of carbonyl (C=O) groups excluding carboxylic acids is 1. The zero-order valence-corrected chi connectivity index (χ0v) is 13.0. The number of thioether (sulfide) groups is 1. The standard InChI is InChI=1S/C15H24N2OS/c1-5-10(2)9-19-12(4)15(18)17-14-8-6-7-13(16)11(14)3/h6-8,10,12H,5,9,16H2,1-4H3,(H,17,18). The second kappa shape index (κ2) is 7.43. The summed E-state index contributed by atoms with van der Waals surface area (Å²) < 4.78 is 0. The minimum atomic E-state index is -0.0465. The Morgan fingerprint density at radius 2 is 2.11 bits per heavy atom. The molecule has 0 bridgehead atoms. The zero-order chi connectivity index (χ0) is 14.4. The van der Waals surface area contributed by atoms with Crippen LogP contribution in [0.3, 0.4) is 0 Å². The van der Waals surface area contributed by atoms with Crippen molar-refractivity contribution in [1.29, 1.82) is 0 Å². The molecular weight excluding hydrogens is 256 g/mol. The molecule has 0 saturated carbocycles. The third kappa shape index (κ3) is 4.78. The number of amides is 1. The van der Waals surface area contributed by atoms with Gasteiger partial charge in [0.1, 0.15) is 0 Å². The Morgan fingerprint density at radius 3 is 2.74 bits per heavy atom. The van der Waals surface area contributed by atoms with E-state index in [-0.39, 0.29) is 11.2 Å². The lowest BCUT2D eigenvalue weighted by molar-refractivity contribution is -0.115. The number of hydrogen-bond donors (Lipinski definition) is 2. The van der Waals surface area contributed by atoms with Gasteiger partial charge in [-0.1, -0.05) is 26.3 Å². The van der Waals surface area contributed by atoms with E-state index in [1.807, 2.05) is 32.0 Å². The molecule has 1 amide bonds. The topological polar surface area (TPSA) is 55.1 Å². The minimum absolute atomic E-state index is 0.0435. The average molecular weight is 280 g/mol. The molecule has 0 fully saturated rings. The number of benzene rings is 1. The number of nitrogens with two attached hydrogens (primary N) is 1. The second-order valence-corrected chi connectivity index (χ2v) is 6.37. The first kappa shape index (κ1) is 15.9. The first-order chi connectivity index (χ1) is 8.95. The van der Waals surface area contributed by atoms with Crippen LogP contribution in [0, 0.1) is 12.8 Å². The van der Waals surface area contributed by atoms with Crippen molar-refractivity contribution in [3.8, 4) is 0 Å². The number of anilines is 2. The maximum Gasteiger partial charge on any atom is 0.237 e. The van der Waals surface area contributed by atoms with Gasteiger partial charge in [-0.25, -0.2) is 0 Å². The van der Waals surface area contributed by atoms with Crippen molar-refractivity contribution in [3.05, 3.63) is 23.8 Å². The van der Waals surface area contributed by atoms with Crippen LogP contribution in [0.5, 0.6) is 0 Å². The van der Waals surface area contributed by atoms with Crippen molar-refractivity contribution < 1.29 is 4.79 Å².